The van der Waals surface area contributed by atoms with Gasteiger partial charge in [0.2, 0.25) is 0 Å². The Kier molecular flexibility index (Phi) is 4.35. The average Bonchev–Trinajstić information content (AvgIpc) is 3.07. The number of anilines is 2. The highest BCUT2D eigenvalue weighted by molar-refractivity contribution is 5.52. The molecular formula is C18H29N5O. The molecule has 0 aliphatic carbocycles. The predicted molar refractivity (Wildman–Crippen MR) is 95.7 cm³/mol. The third-order valence-electron chi connectivity index (χ3n) is 5.73. The zero-order valence-electron chi connectivity index (χ0n) is 14.9. The van der Waals surface area contributed by atoms with E-state index in [1.807, 2.05) is 19.0 Å². The maximum atomic E-state index is 6.33. The maximum absolute atomic E-state index is 6.33. The summed E-state index contributed by atoms with van der Waals surface area (Å²) in [6, 6.07) is 2.06. The third kappa shape index (κ3) is 3.22. The van der Waals surface area contributed by atoms with E-state index in [1.54, 1.807) is 6.33 Å². The van der Waals surface area contributed by atoms with Crippen LogP contribution < -0.4 is 9.80 Å². The van der Waals surface area contributed by atoms with Crippen molar-refractivity contribution in [1.29, 1.82) is 0 Å². The third-order valence-corrected chi connectivity index (χ3v) is 5.73. The first-order valence-electron chi connectivity index (χ1n) is 9.24. The Labute approximate surface area is 144 Å². The van der Waals surface area contributed by atoms with Gasteiger partial charge < -0.3 is 19.4 Å². The van der Waals surface area contributed by atoms with Crippen LogP contribution in [0.1, 0.15) is 25.7 Å². The van der Waals surface area contributed by atoms with Crippen LogP contribution >= 0.6 is 0 Å². The second-order valence-corrected chi connectivity index (χ2v) is 7.89. The smallest absolute Gasteiger partial charge is 0.134 e. The fraction of sp³-hybridized carbons (Fsp3) is 0.778. The summed E-state index contributed by atoms with van der Waals surface area (Å²) in [6.07, 6.45) is 6.90. The molecule has 1 spiro atoms. The van der Waals surface area contributed by atoms with Crippen molar-refractivity contribution in [3.05, 3.63) is 12.4 Å². The molecule has 132 valence electrons. The summed E-state index contributed by atoms with van der Waals surface area (Å²) in [5.74, 6) is 2.69. The lowest BCUT2D eigenvalue weighted by atomic mass is 9.83. The molecule has 3 aliphatic rings. The fourth-order valence-electron chi connectivity index (χ4n) is 4.21. The molecule has 3 aliphatic heterocycles. The molecule has 24 heavy (non-hydrogen) atoms. The molecule has 6 heteroatoms. The molecule has 0 saturated carbocycles. The van der Waals surface area contributed by atoms with E-state index in [0.717, 1.165) is 37.3 Å². The molecule has 3 saturated heterocycles. The first-order chi connectivity index (χ1) is 11.6. The molecule has 0 radical (unpaired) electrons. The van der Waals surface area contributed by atoms with Gasteiger partial charge in [0, 0.05) is 26.7 Å². The van der Waals surface area contributed by atoms with Crippen molar-refractivity contribution in [2.24, 2.45) is 5.92 Å². The molecule has 1 aromatic heterocycles. The molecule has 1 aromatic rings. The topological polar surface area (TPSA) is 44.7 Å². The van der Waals surface area contributed by atoms with E-state index >= 15 is 0 Å². The van der Waals surface area contributed by atoms with E-state index < -0.39 is 0 Å². The molecule has 4 rings (SSSR count). The fourth-order valence-corrected chi connectivity index (χ4v) is 4.21. The van der Waals surface area contributed by atoms with Crippen molar-refractivity contribution in [2.75, 3.05) is 63.2 Å². The number of rotatable bonds is 4. The van der Waals surface area contributed by atoms with E-state index in [9.17, 15) is 0 Å². The van der Waals surface area contributed by atoms with Crippen molar-refractivity contribution >= 4 is 11.6 Å². The number of hydrogen-bond acceptors (Lipinski definition) is 6. The number of nitrogens with zero attached hydrogens (tertiary/aromatic N) is 5. The first kappa shape index (κ1) is 16.1. The van der Waals surface area contributed by atoms with Crippen LogP contribution in [0.2, 0.25) is 0 Å². The predicted octanol–water partition coefficient (Wildman–Crippen LogP) is 1.62. The molecule has 0 aromatic carbocycles. The number of ether oxygens (including phenoxy) is 1. The van der Waals surface area contributed by atoms with Gasteiger partial charge in [-0.25, -0.2) is 9.97 Å². The van der Waals surface area contributed by atoms with E-state index in [0.29, 0.717) is 0 Å². The van der Waals surface area contributed by atoms with Crippen LogP contribution in [-0.4, -0.2) is 73.9 Å². The van der Waals surface area contributed by atoms with Crippen molar-refractivity contribution in [3.63, 3.8) is 0 Å². The van der Waals surface area contributed by atoms with Gasteiger partial charge >= 0.3 is 0 Å². The van der Waals surface area contributed by atoms with Crippen molar-refractivity contribution in [3.8, 4) is 0 Å². The van der Waals surface area contributed by atoms with Crippen LogP contribution in [0.4, 0.5) is 11.6 Å². The minimum Gasteiger partial charge on any atom is -0.371 e. The largest absolute Gasteiger partial charge is 0.371 e. The molecule has 6 nitrogen and oxygen atoms in total. The Balaban J connectivity index is 1.29. The molecular weight excluding hydrogens is 302 g/mol. The van der Waals surface area contributed by atoms with Crippen LogP contribution in [0.15, 0.2) is 12.4 Å². The Bertz CT molecular complexity index is 556. The SMILES string of the molecule is CN(C)c1cc(N2CC3(CC[C@H](CN4CCCC4)CO3)C2)ncn1. The minimum absolute atomic E-state index is 0.0741. The van der Waals surface area contributed by atoms with Gasteiger partial charge in [-0.15, -0.1) is 0 Å². The Morgan fingerprint density at radius 2 is 2.04 bits per heavy atom. The summed E-state index contributed by atoms with van der Waals surface area (Å²) in [6.45, 7) is 6.67. The summed E-state index contributed by atoms with van der Waals surface area (Å²) in [4.78, 5) is 15.7. The van der Waals surface area contributed by atoms with Gasteiger partial charge in [0.25, 0.3) is 0 Å². The second-order valence-electron chi connectivity index (χ2n) is 7.89. The molecule has 1 atom stereocenters. The van der Waals surface area contributed by atoms with Gasteiger partial charge in [0.1, 0.15) is 23.6 Å². The van der Waals surface area contributed by atoms with Crippen molar-refractivity contribution in [1.82, 2.24) is 14.9 Å². The zero-order valence-corrected chi connectivity index (χ0v) is 14.9. The Morgan fingerprint density at radius 1 is 1.25 bits per heavy atom. The van der Waals surface area contributed by atoms with Crippen LogP contribution in [0, 0.1) is 5.92 Å². The highest BCUT2D eigenvalue weighted by Crippen LogP contribution is 2.38. The normalized spacial score (nSPS) is 26.6. The molecule has 0 amide bonds. The van der Waals surface area contributed by atoms with Gasteiger partial charge in [0.05, 0.1) is 19.7 Å². The van der Waals surface area contributed by atoms with Crippen LogP contribution in [0.5, 0.6) is 0 Å². The summed E-state index contributed by atoms with van der Waals surface area (Å²) < 4.78 is 6.33. The van der Waals surface area contributed by atoms with Gasteiger partial charge in [-0.1, -0.05) is 0 Å². The van der Waals surface area contributed by atoms with E-state index in [1.165, 1.54) is 45.3 Å². The number of hydrogen-bond donors (Lipinski definition) is 0. The van der Waals surface area contributed by atoms with Gasteiger partial charge in [-0.2, -0.15) is 0 Å². The highest BCUT2D eigenvalue weighted by Gasteiger charge is 2.47. The summed E-state index contributed by atoms with van der Waals surface area (Å²) in [5, 5.41) is 0. The molecule has 0 unspecified atom stereocenters. The van der Waals surface area contributed by atoms with E-state index in [-0.39, 0.29) is 5.60 Å². The van der Waals surface area contributed by atoms with E-state index in [2.05, 4.69) is 25.8 Å². The monoisotopic (exact) mass is 331 g/mol. The lowest BCUT2D eigenvalue weighted by Gasteiger charge is -2.53. The molecule has 0 N–H and O–H groups in total. The lowest BCUT2D eigenvalue weighted by molar-refractivity contribution is -0.119. The molecule has 0 bridgehead atoms. The second kappa shape index (κ2) is 6.48. The standard InChI is InChI=1S/C18H29N5O/c1-21(2)16-9-17(20-14-19-16)23-12-18(13-23)6-5-15(11-24-18)10-22-7-3-4-8-22/h9,14-15H,3-8,10-13H2,1-2H3/t15-/m1/s1. The van der Waals surface area contributed by atoms with Crippen LogP contribution in [0.25, 0.3) is 0 Å². The van der Waals surface area contributed by atoms with Gasteiger partial charge in [-0.3, -0.25) is 0 Å². The molecule has 4 heterocycles. The lowest BCUT2D eigenvalue weighted by Crippen LogP contribution is -2.65. The van der Waals surface area contributed by atoms with Gasteiger partial charge in [-0.05, 0) is 44.7 Å². The van der Waals surface area contributed by atoms with Gasteiger partial charge in [0.15, 0.2) is 0 Å². The quantitative estimate of drug-likeness (QED) is 0.835. The Hall–Kier alpha value is -1.40. The minimum atomic E-state index is 0.0741. The van der Waals surface area contributed by atoms with Crippen LogP contribution in [0.3, 0.4) is 0 Å². The summed E-state index contributed by atoms with van der Waals surface area (Å²) in [5.41, 5.74) is 0.0741. The Morgan fingerprint density at radius 3 is 2.71 bits per heavy atom. The van der Waals surface area contributed by atoms with Crippen LogP contribution in [-0.2, 0) is 4.74 Å². The first-order valence-corrected chi connectivity index (χ1v) is 9.24. The van der Waals surface area contributed by atoms with Crippen molar-refractivity contribution < 1.29 is 4.74 Å². The maximum Gasteiger partial charge on any atom is 0.134 e. The average molecular weight is 331 g/mol. The zero-order chi connectivity index (χ0) is 16.6. The number of aromatic nitrogens is 2. The highest BCUT2D eigenvalue weighted by atomic mass is 16.5. The number of likely N-dealkylation sites (tertiary alicyclic amines) is 1. The summed E-state index contributed by atoms with van der Waals surface area (Å²) >= 11 is 0. The van der Waals surface area contributed by atoms with E-state index in [4.69, 9.17) is 4.74 Å². The van der Waals surface area contributed by atoms with Crippen molar-refractivity contribution in [2.45, 2.75) is 31.3 Å². The summed E-state index contributed by atoms with van der Waals surface area (Å²) in [7, 11) is 4.02. The molecule has 3 fully saturated rings.